The number of esters is 1. The third-order valence-corrected chi connectivity index (χ3v) is 4.70. The van der Waals surface area contributed by atoms with Crippen LogP contribution in [0.4, 0.5) is 0 Å². The molecule has 0 heterocycles. The van der Waals surface area contributed by atoms with Gasteiger partial charge >= 0.3 is 5.97 Å². The van der Waals surface area contributed by atoms with Crippen molar-refractivity contribution in [1.82, 2.24) is 10.2 Å². The van der Waals surface area contributed by atoms with Crippen molar-refractivity contribution in [2.24, 2.45) is 17.0 Å². The quantitative estimate of drug-likeness (QED) is 0.173. The molecule has 1 aromatic rings. The van der Waals surface area contributed by atoms with E-state index in [4.69, 9.17) is 10.3 Å². The number of carbonyl (C=O) groups excluding carboxylic acids is 4. The summed E-state index contributed by atoms with van der Waals surface area (Å²) in [5.41, 5.74) is 9.56. The lowest BCUT2D eigenvalue weighted by molar-refractivity contribution is -0.151. The van der Waals surface area contributed by atoms with E-state index in [0.717, 1.165) is 10.5 Å². The Kier molecular flexibility index (Phi) is 10.9. The zero-order valence-corrected chi connectivity index (χ0v) is 19.1. The van der Waals surface area contributed by atoms with E-state index in [9.17, 15) is 19.2 Å². The van der Waals surface area contributed by atoms with Crippen molar-refractivity contribution >= 4 is 24.2 Å². The highest BCUT2D eigenvalue weighted by atomic mass is 16.5. The van der Waals surface area contributed by atoms with Gasteiger partial charge in [0, 0.05) is 4.91 Å². The first kappa shape index (κ1) is 26.6. The van der Waals surface area contributed by atoms with Crippen molar-refractivity contribution in [1.29, 1.82) is 0 Å². The molecule has 0 unspecified atom stereocenters. The van der Waals surface area contributed by atoms with Gasteiger partial charge in [-0.15, -0.1) is 0 Å². The van der Waals surface area contributed by atoms with Crippen LogP contribution in [0.3, 0.4) is 0 Å². The van der Waals surface area contributed by atoms with Crippen molar-refractivity contribution in [3.05, 3.63) is 46.3 Å². The Bertz CT molecular complexity index is 836. The van der Waals surface area contributed by atoms with E-state index in [0.29, 0.717) is 0 Å². The van der Waals surface area contributed by atoms with Gasteiger partial charge in [0.1, 0.15) is 24.7 Å². The number of azide groups is 1. The molecule has 3 amide bonds. The molecule has 0 saturated heterocycles. The molecular formula is C22H31N5O5. The van der Waals surface area contributed by atoms with Crippen LogP contribution in [0.1, 0.15) is 46.6 Å². The Balaban J connectivity index is 2.95. The standard InChI is InChI=1S/C22H31N5O5/c1-14(2)11-18(27(13-28)21(30)19(15(3)4)25-26-23)20(29)24-16(5)22(31)32-12-17-9-7-6-8-10-17/h6-10,13-16,18-19H,11-12H2,1-5H3,(H,24,29)/t16-,18-,19-/m0/s1. The van der Waals surface area contributed by atoms with Crippen LogP contribution in [0.5, 0.6) is 0 Å². The van der Waals surface area contributed by atoms with Crippen LogP contribution in [0.15, 0.2) is 35.4 Å². The fourth-order valence-corrected chi connectivity index (χ4v) is 2.97. The molecule has 0 saturated carbocycles. The van der Waals surface area contributed by atoms with Crippen LogP contribution in [-0.2, 0) is 30.5 Å². The molecule has 32 heavy (non-hydrogen) atoms. The molecule has 0 aliphatic heterocycles. The third kappa shape index (κ3) is 8.03. The van der Waals surface area contributed by atoms with Crippen LogP contribution in [0.2, 0.25) is 0 Å². The normalized spacial score (nSPS) is 13.5. The first-order chi connectivity index (χ1) is 15.1. The molecule has 0 aliphatic rings. The van der Waals surface area contributed by atoms with Crippen LogP contribution in [0, 0.1) is 11.8 Å². The second-order valence-electron chi connectivity index (χ2n) is 8.21. The maximum Gasteiger partial charge on any atom is 0.328 e. The third-order valence-electron chi connectivity index (χ3n) is 4.70. The molecule has 0 radical (unpaired) electrons. The summed E-state index contributed by atoms with van der Waals surface area (Å²) in [6.45, 7) is 8.51. The Labute approximate surface area is 187 Å². The molecule has 1 N–H and O–H groups in total. The number of carbonyl (C=O) groups is 4. The Morgan fingerprint density at radius 3 is 2.28 bits per heavy atom. The predicted molar refractivity (Wildman–Crippen MR) is 118 cm³/mol. The first-order valence-electron chi connectivity index (χ1n) is 10.4. The lowest BCUT2D eigenvalue weighted by Gasteiger charge is -2.30. The van der Waals surface area contributed by atoms with Crippen molar-refractivity contribution in [3.8, 4) is 0 Å². The molecule has 10 heteroatoms. The van der Waals surface area contributed by atoms with Gasteiger partial charge in [-0.2, -0.15) is 0 Å². The molecular weight excluding hydrogens is 414 g/mol. The van der Waals surface area contributed by atoms with Crippen molar-refractivity contribution in [3.63, 3.8) is 0 Å². The molecule has 0 spiro atoms. The van der Waals surface area contributed by atoms with Crippen molar-refractivity contribution in [2.75, 3.05) is 0 Å². The Hall–Kier alpha value is -3.39. The van der Waals surface area contributed by atoms with Gasteiger partial charge in [-0.05, 0) is 36.3 Å². The number of rotatable bonds is 12. The highest BCUT2D eigenvalue weighted by Crippen LogP contribution is 2.17. The summed E-state index contributed by atoms with van der Waals surface area (Å²) in [4.78, 5) is 53.3. The summed E-state index contributed by atoms with van der Waals surface area (Å²) < 4.78 is 5.23. The summed E-state index contributed by atoms with van der Waals surface area (Å²) >= 11 is 0. The van der Waals surface area contributed by atoms with E-state index in [1.807, 2.05) is 32.0 Å². The van der Waals surface area contributed by atoms with Gasteiger partial charge in [0.25, 0.3) is 0 Å². The second-order valence-corrected chi connectivity index (χ2v) is 8.21. The maximum absolute atomic E-state index is 12.9. The van der Waals surface area contributed by atoms with Crippen molar-refractivity contribution in [2.45, 2.75) is 65.8 Å². The van der Waals surface area contributed by atoms with Gasteiger partial charge < -0.3 is 10.1 Å². The Morgan fingerprint density at radius 2 is 1.78 bits per heavy atom. The summed E-state index contributed by atoms with van der Waals surface area (Å²) in [5, 5.41) is 6.00. The molecule has 0 fully saturated rings. The zero-order chi connectivity index (χ0) is 24.3. The van der Waals surface area contributed by atoms with Gasteiger partial charge in [0.15, 0.2) is 0 Å². The highest BCUT2D eigenvalue weighted by Gasteiger charge is 2.36. The summed E-state index contributed by atoms with van der Waals surface area (Å²) in [6.07, 6.45) is 0.429. The number of hydrogen-bond acceptors (Lipinski definition) is 6. The number of imide groups is 1. The molecule has 10 nitrogen and oxygen atoms in total. The SMILES string of the molecule is CC(C)C[C@@H](C(=O)N[C@@H](C)C(=O)OCc1ccccc1)N(C=O)C(=O)[C@@H](N=[N+]=[N-])C(C)C. The highest BCUT2D eigenvalue weighted by molar-refractivity contribution is 5.97. The molecule has 1 rings (SSSR count). The predicted octanol–water partition coefficient (Wildman–Crippen LogP) is 2.97. The zero-order valence-electron chi connectivity index (χ0n) is 19.1. The average Bonchev–Trinajstić information content (AvgIpc) is 2.75. The molecule has 1 aromatic carbocycles. The van der Waals surface area contributed by atoms with Crippen molar-refractivity contribution < 1.29 is 23.9 Å². The number of hydrogen-bond donors (Lipinski definition) is 1. The van der Waals surface area contributed by atoms with Gasteiger partial charge in [0.2, 0.25) is 18.2 Å². The summed E-state index contributed by atoms with van der Waals surface area (Å²) in [7, 11) is 0. The van der Waals surface area contributed by atoms with E-state index >= 15 is 0 Å². The average molecular weight is 446 g/mol. The van der Waals surface area contributed by atoms with Crippen LogP contribution in [0.25, 0.3) is 10.4 Å². The minimum Gasteiger partial charge on any atom is -0.459 e. The smallest absolute Gasteiger partial charge is 0.328 e. The number of ether oxygens (including phenoxy) is 1. The minimum atomic E-state index is -1.17. The summed E-state index contributed by atoms with van der Waals surface area (Å²) in [6, 6.07) is 5.78. The number of amides is 3. The monoisotopic (exact) mass is 445 g/mol. The van der Waals surface area contributed by atoms with Gasteiger partial charge in [-0.1, -0.05) is 63.1 Å². The van der Waals surface area contributed by atoms with Crippen LogP contribution >= 0.6 is 0 Å². The van der Waals surface area contributed by atoms with E-state index in [2.05, 4.69) is 15.3 Å². The number of nitrogens with zero attached hydrogens (tertiary/aromatic N) is 4. The lowest BCUT2D eigenvalue weighted by Crippen LogP contribution is -2.55. The maximum atomic E-state index is 12.9. The fraction of sp³-hybridized carbons (Fsp3) is 0.545. The van der Waals surface area contributed by atoms with Gasteiger partial charge in [-0.3, -0.25) is 19.3 Å². The molecule has 174 valence electrons. The van der Waals surface area contributed by atoms with Crippen LogP contribution in [-0.4, -0.2) is 47.2 Å². The molecule has 0 aliphatic carbocycles. The fourth-order valence-electron chi connectivity index (χ4n) is 2.97. The van der Waals surface area contributed by atoms with Gasteiger partial charge in [-0.25, -0.2) is 4.79 Å². The van der Waals surface area contributed by atoms with Gasteiger partial charge in [0.05, 0.1) is 0 Å². The molecule has 3 atom stereocenters. The van der Waals surface area contributed by atoms with E-state index in [-0.39, 0.29) is 31.3 Å². The largest absolute Gasteiger partial charge is 0.459 e. The van der Waals surface area contributed by atoms with E-state index < -0.39 is 35.9 Å². The Morgan fingerprint density at radius 1 is 1.16 bits per heavy atom. The van der Waals surface area contributed by atoms with E-state index in [1.54, 1.807) is 26.0 Å². The van der Waals surface area contributed by atoms with Crippen LogP contribution < -0.4 is 5.32 Å². The summed E-state index contributed by atoms with van der Waals surface area (Å²) in [5.74, 6) is -2.52. The first-order valence-corrected chi connectivity index (χ1v) is 10.4. The van der Waals surface area contributed by atoms with E-state index in [1.165, 1.54) is 6.92 Å². The topological polar surface area (TPSA) is 142 Å². The number of benzene rings is 1. The lowest BCUT2D eigenvalue weighted by atomic mass is 9.98. The number of nitrogens with one attached hydrogen (secondary N) is 1. The second kappa shape index (κ2) is 13.1. The molecule has 0 bridgehead atoms. The minimum absolute atomic E-state index is 0.0432. The molecule has 0 aromatic heterocycles.